The van der Waals surface area contributed by atoms with Crippen molar-refractivity contribution in [3.63, 3.8) is 0 Å². The first-order valence-electron chi connectivity index (χ1n) is 9.85. The predicted molar refractivity (Wildman–Crippen MR) is 119 cm³/mol. The number of benzene rings is 2. The molecule has 0 saturated heterocycles. The lowest BCUT2D eigenvalue weighted by Gasteiger charge is -2.11. The predicted octanol–water partition coefficient (Wildman–Crippen LogP) is 3.03. The summed E-state index contributed by atoms with van der Waals surface area (Å²) >= 11 is 0. The summed E-state index contributed by atoms with van der Waals surface area (Å²) in [6, 6.07) is 9.63. The molecule has 0 fully saturated rings. The van der Waals surface area contributed by atoms with E-state index in [-0.39, 0.29) is 28.4 Å². The van der Waals surface area contributed by atoms with Crippen LogP contribution >= 0.6 is 0 Å². The van der Waals surface area contributed by atoms with Gasteiger partial charge in [0.1, 0.15) is 0 Å². The van der Waals surface area contributed by atoms with Crippen LogP contribution in [0.4, 0.5) is 5.69 Å². The molecule has 0 spiro atoms. The number of amides is 1. The van der Waals surface area contributed by atoms with E-state index in [1.54, 1.807) is 13.8 Å². The number of anilines is 1. The number of rotatable bonds is 6. The van der Waals surface area contributed by atoms with Gasteiger partial charge in [0.2, 0.25) is 0 Å². The first-order chi connectivity index (χ1) is 15.0. The van der Waals surface area contributed by atoms with Crippen molar-refractivity contribution in [2.24, 2.45) is 0 Å². The Morgan fingerprint density at radius 3 is 2.41 bits per heavy atom. The number of aromatic nitrogens is 3. The van der Waals surface area contributed by atoms with Gasteiger partial charge in [-0.05, 0) is 57.5 Å². The molecule has 0 bridgehead atoms. The van der Waals surface area contributed by atoms with Crippen LogP contribution in [0.1, 0.15) is 44.6 Å². The highest BCUT2D eigenvalue weighted by Gasteiger charge is 2.22. The van der Waals surface area contributed by atoms with Crippen LogP contribution in [0.5, 0.6) is 0 Å². The number of carbonyl (C=O) groups excluding carboxylic acids is 2. The summed E-state index contributed by atoms with van der Waals surface area (Å²) in [5, 5.41) is 11.3. The lowest BCUT2D eigenvalue weighted by atomic mass is 10.1. The molecule has 32 heavy (non-hydrogen) atoms. The molecule has 0 aliphatic rings. The summed E-state index contributed by atoms with van der Waals surface area (Å²) in [7, 11) is -3.56. The van der Waals surface area contributed by atoms with Gasteiger partial charge >= 0.3 is 5.97 Å². The summed E-state index contributed by atoms with van der Waals surface area (Å²) in [6.45, 7) is 7.29. The molecule has 2 aromatic carbocycles. The fraction of sp³-hybridized carbons (Fsp3) is 0.273. The van der Waals surface area contributed by atoms with Crippen LogP contribution in [0.25, 0.3) is 5.69 Å². The summed E-state index contributed by atoms with van der Waals surface area (Å²) in [6.07, 6.45) is 1.03. The summed E-state index contributed by atoms with van der Waals surface area (Å²) in [5.41, 5.74) is 3.30. The Hall–Kier alpha value is -3.53. The van der Waals surface area contributed by atoms with E-state index in [1.807, 2.05) is 32.0 Å². The van der Waals surface area contributed by atoms with Gasteiger partial charge in [-0.15, -0.1) is 5.10 Å². The SMILES string of the molecule is CCOC(=O)c1cc(S(C)(=O)=O)ccc1NC(=O)c1nn(-c2ccc(C)cc2C)nc1C. The van der Waals surface area contributed by atoms with Crippen molar-refractivity contribution in [3.8, 4) is 5.69 Å². The third-order valence-corrected chi connectivity index (χ3v) is 5.84. The molecule has 0 unspecified atom stereocenters. The highest BCUT2D eigenvalue weighted by molar-refractivity contribution is 7.90. The van der Waals surface area contributed by atoms with Crippen molar-refractivity contribution in [2.45, 2.75) is 32.6 Å². The lowest BCUT2D eigenvalue weighted by Crippen LogP contribution is -2.18. The van der Waals surface area contributed by atoms with Crippen LogP contribution in [0.3, 0.4) is 0 Å². The van der Waals surface area contributed by atoms with Crippen LogP contribution in [-0.4, -0.2) is 48.2 Å². The first-order valence-corrected chi connectivity index (χ1v) is 11.7. The third-order valence-electron chi connectivity index (χ3n) is 4.73. The summed E-state index contributed by atoms with van der Waals surface area (Å²) in [5.74, 6) is -1.33. The van der Waals surface area contributed by atoms with Crippen molar-refractivity contribution < 1.29 is 22.7 Å². The number of nitrogens with zero attached hydrogens (tertiary/aromatic N) is 3. The Morgan fingerprint density at radius 1 is 1.06 bits per heavy atom. The molecule has 1 N–H and O–H groups in total. The highest BCUT2D eigenvalue weighted by atomic mass is 32.2. The fourth-order valence-corrected chi connectivity index (χ4v) is 3.80. The van der Waals surface area contributed by atoms with Crippen LogP contribution in [-0.2, 0) is 14.6 Å². The van der Waals surface area contributed by atoms with E-state index >= 15 is 0 Å². The number of sulfone groups is 1. The second-order valence-corrected chi connectivity index (χ2v) is 9.38. The number of nitrogens with one attached hydrogen (secondary N) is 1. The van der Waals surface area contributed by atoms with E-state index in [0.29, 0.717) is 5.69 Å². The number of carbonyl (C=O) groups is 2. The van der Waals surface area contributed by atoms with Crippen molar-refractivity contribution in [2.75, 3.05) is 18.2 Å². The van der Waals surface area contributed by atoms with Gasteiger partial charge in [0.05, 0.1) is 34.1 Å². The molecule has 3 aromatic rings. The Morgan fingerprint density at radius 2 is 1.78 bits per heavy atom. The Bertz CT molecular complexity index is 1310. The molecule has 0 radical (unpaired) electrons. The molecule has 1 heterocycles. The van der Waals surface area contributed by atoms with Crippen LogP contribution in [0, 0.1) is 20.8 Å². The number of ether oxygens (including phenoxy) is 1. The third kappa shape index (κ3) is 4.86. The maximum Gasteiger partial charge on any atom is 0.340 e. The van der Waals surface area contributed by atoms with E-state index in [0.717, 1.165) is 23.1 Å². The van der Waals surface area contributed by atoms with Crippen molar-refractivity contribution in [1.29, 1.82) is 0 Å². The fourth-order valence-electron chi connectivity index (χ4n) is 3.15. The molecule has 0 aliphatic heterocycles. The molecule has 0 saturated carbocycles. The number of hydrogen-bond acceptors (Lipinski definition) is 7. The van der Waals surface area contributed by atoms with Crippen molar-refractivity contribution in [1.82, 2.24) is 15.0 Å². The zero-order chi connectivity index (χ0) is 23.6. The van der Waals surface area contributed by atoms with Crippen LogP contribution < -0.4 is 5.32 Å². The summed E-state index contributed by atoms with van der Waals surface area (Å²) < 4.78 is 28.8. The zero-order valence-electron chi connectivity index (χ0n) is 18.5. The van der Waals surface area contributed by atoms with E-state index in [9.17, 15) is 18.0 Å². The van der Waals surface area contributed by atoms with E-state index in [1.165, 1.54) is 23.0 Å². The minimum Gasteiger partial charge on any atom is -0.462 e. The minimum absolute atomic E-state index is 0.0597. The van der Waals surface area contributed by atoms with Crippen molar-refractivity contribution in [3.05, 3.63) is 64.5 Å². The van der Waals surface area contributed by atoms with E-state index in [2.05, 4.69) is 15.5 Å². The smallest absolute Gasteiger partial charge is 0.340 e. The first kappa shape index (κ1) is 23.1. The second kappa shape index (κ2) is 8.91. The molecular weight excluding hydrogens is 432 g/mol. The van der Waals surface area contributed by atoms with E-state index < -0.39 is 21.7 Å². The average Bonchev–Trinajstić information content (AvgIpc) is 3.09. The van der Waals surface area contributed by atoms with Gasteiger partial charge in [0, 0.05) is 6.26 Å². The van der Waals surface area contributed by atoms with Gasteiger partial charge < -0.3 is 10.1 Å². The van der Waals surface area contributed by atoms with Gasteiger partial charge in [-0.1, -0.05) is 17.7 Å². The average molecular weight is 457 g/mol. The van der Waals surface area contributed by atoms with Gasteiger partial charge in [-0.2, -0.15) is 9.90 Å². The topological polar surface area (TPSA) is 120 Å². The second-order valence-electron chi connectivity index (χ2n) is 7.37. The van der Waals surface area contributed by atoms with E-state index in [4.69, 9.17) is 4.74 Å². The molecule has 0 atom stereocenters. The van der Waals surface area contributed by atoms with Crippen LogP contribution in [0.15, 0.2) is 41.3 Å². The van der Waals surface area contributed by atoms with Gasteiger partial charge in [0.25, 0.3) is 5.91 Å². The Labute approximate surface area is 186 Å². The molecule has 9 nitrogen and oxygen atoms in total. The monoisotopic (exact) mass is 456 g/mol. The quantitative estimate of drug-likeness (QED) is 0.566. The van der Waals surface area contributed by atoms with Gasteiger partial charge in [-0.25, -0.2) is 13.2 Å². The molecular formula is C22H24N4O5S. The largest absolute Gasteiger partial charge is 0.462 e. The minimum atomic E-state index is -3.56. The molecule has 1 aromatic heterocycles. The standard InChI is InChI=1S/C22H24N4O5S/c1-6-31-22(28)17-12-16(32(5,29)30)8-9-18(17)23-21(27)20-15(4)24-26(25-20)19-10-7-13(2)11-14(19)3/h7-12H,6H2,1-5H3,(H,23,27). The number of aryl methyl sites for hydroxylation is 3. The molecule has 168 valence electrons. The summed E-state index contributed by atoms with van der Waals surface area (Å²) in [4.78, 5) is 26.6. The maximum absolute atomic E-state index is 12.9. The van der Waals surface area contributed by atoms with Gasteiger partial charge in [0.15, 0.2) is 15.5 Å². The van der Waals surface area contributed by atoms with Crippen molar-refractivity contribution >= 4 is 27.4 Å². The molecule has 1 amide bonds. The highest BCUT2D eigenvalue weighted by Crippen LogP contribution is 2.23. The Balaban J connectivity index is 1.96. The maximum atomic E-state index is 12.9. The van der Waals surface area contributed by atoms with Crippen LogP contribution in [0.2, 0.25) is 0 Å². The molecule has 3 rings (SSSR count). The Kier molecular flexibility index (Phi) is 6.45. The number of hydrogen-bond donors (Lipinski definition) is 1. The normalized spacial score (nSPS) is 11.3. The van der Waals surface area contributed by atoms with Gasteiger partial charge in [-0.3, -0.25) is 4.79 Å². The molecule has 0 aliphatic carbocycles. The zero-order valence-corrected chi connectivity index (χ0v) is 19.3. The number of esters is 1. The lowest BCUT2D eigenvalue weighted by molar-refractivity contribution is 0.0527. The molecule has 10 heteroatoms.